The molecule has 4 nitrogen and oxygen atoms in total. The topological polar surface area (TPSA) is 72.4 Å². The third-order valence-electron chi connectivity index (χ3n) is 0.204. The predicted molar refractivity (Wildman–Crippen MR) is 18.9 cm³/mol. The largest absolute Gasteiger partial charge is 1.00 e. The molecule has 0 saturated carbocycles. The summed E-state index contributed by atoms with van der Waals surface area (Å²) in [6, 6.07) is 0. The molecule has 9 heavy (non-hydrogen) atoms. The summed E-state index contributed by atoms with van der Waals surface area (Å²) in [4.78, 5) is 18.8. The van der Waals surface area contributed by atoms with E-state index >= 15 is 0 Å². The predicted octanol–water partition coefficient (Wildman–Crippen LogP) is -7.02. The van der Waals surface area contributed by atoms with Gasteiger partial charge in [0.2, 0.25) is 0 Å². The fraction of sp³-hybridized carbons (Fsp3) is 0. The molecule has 0 aliphatic carbocycles. The number of hydrogen-bond donors (Lipinski definition) is 0. The second-order valence-corrected chi connectivity index (χ2v) is 1.82. The third kappa shape index (κ3) is 17.7. The van der Waals surface area contributed by atoms with Crippen molar-refractivity contribution >= 4 is 7.82 Å². The molecular weight excluding hydrogens is 165 g/mol. The van der Waals surface area contributed by atoms with Gasteiger partial charge in [0.25, 0.3) is 0 Å². The molecule has 0 bridgehead atoms. The van der Waals surface area contributed by atoms with Crippen LogP contribution in [0, 0.1) is 0 Å². The molecular formula is C2H3Na2O4P. The van der Waals surface area contributed by atoms with Gasteiger partial charge in [-0.2, -0.15) is 0 Å². The van der Waals surface area contributed by atoms with Crippen LogP contribution < -0.4 is 68.9 Å². The molecule has 7 heteroatoms. The van der Waals surface area contributed by atoms with Crippen LogP contribution in [0.3, 0.4) is 0 Å². The standard InChI is InChI=1S/C2H5O4P.2Na/c1-2-6-7(3,4)5;;/h2H,1H2,(H2,3,4,5);;/q;2*+1/p-2. The van der Waals surface area contributed by atoms with Gasteiger partial charge in [-0.25, -0.2) is 0 Å². The van der Waals surface area contributed by atoms with Crippen molar-refractivity contribution < 1.29 is 78.0 Å². The average molecular weight is 168 g/mol. The Morgan fingerprint density at radius 1 is 1.44 bits per heavy atom. The van der Waals surface area contributed by atoms with Crippen LogP contribution in [0.2, 0.25) is 0 Å². The Labute approximate surface area is 97.5 Å². The molecule has 42 valence electrons. The van der Waals surface area contributed by atoms with Crippen molar-refractivity contribution in [1.29, 1.82) is 0 Å². The Morgan fingerprint density at radius 2 is 1.78 bits per heavy atom. The van der Waals surface area contributed by atoms with E-state index in [0.29, 0.717) is 6.26 Å². The second kappa shape index (κ2) is 7.79. The summed E-state index contributed by atoms with van der Waals surface area (Å²) in [5.41, 5.74) is 0. The van der Waals surface area contributed by atoms with Gasteiger partial charge >= 0.3 is 59.1 Å². The van der Waals surface area contributed by atoms with Crippen molar-refractivity contribution in [1.82, 2.24) is 0 Å². The molecule has 0 rings (SSSR count). The number of phosphoric ester groups is 1. The summed E-state index contributed by atoms with van der Waals surface area (Å²) in [6.45, 7) is 2.85. The SMILES string of the molecule is C=COP(=O)([O-])[O-].[Na+].[Na+]. The monoisotopic (exact) mass is 168 g/mol. The molecule has 0 N–H and O–H groups in total. The van der Waals surface area contributed by atoms with Gasteiger partial charge in [0.1, 0.15) is 7.82 Å². The fourth-order valence-electron chi connectivity index (χ4n) is 0.0913. The maximum Gasteiger partial charge on any atom is 1.00 e. The Balaban J connectivity index is -0.000000180. The molecule has 0 atom stereocenters. The first-order valence-corrected chi connectivity index (χ1v) is 2.83. The minimum Gasteiger partial charge on any atom is -0.780 e. The summed E-state index contributed by atoms with van der Waals surface area (Å²) in [7, 11) is -4.78. The summed E-state index contributed by atoms with van der Waals surface area (Å²) >= 11 is 0. The van der Waals surface area contributed by atoms with E-state index < -0.39 is 7.82 Å². The van der Waals surface area contributed by atoms with E-state index in [0.717, 1.165) is 0 Å². The fourth-order valence-corrected chi connectivity index (χ4v) is 0.274. The van der Waals surface area contributed by atoms with Crippen molar-refractivity contribution in [2.45, 2.75) is 0 Å². The first-order valence-electron chi connectivity index (χ1n) is 1.37. The Bertz CT molecular complexity index is 109. The van der Waals surface area contributed by atoms with Crippen LogP contribution in [-0.4, -0.2) is 0 Å². The van der Waals surface area contributed by atoms with Crippen molar-refractivity contribution in [2.75, 3.05) is 0 Å². The van der Waals surface area contributed by atoms with Crippen LogP contribution in [0.15, 0.2) is 12.8 Å². The molecule has 0 aromatic rings. The smallest absolute Gasteiger partial charge is 0.780 e. The molecule has 0 unspecified atom stereocenters. The normalized spacial score (nSPS) is 8.22. The Morgan fingerprint density at radius 3 is 1.78 bits per heavy atom. The first-order chi connectivity index (χ1) is 3.06. The summed E-state index contributed by atoms with van der Waals surface area (Å²) in [6.07, 6.45) is 0.570. The molecule has 0 radical (unpaired) electrons. The van der Waals surface area contributed by atoms with E-state index in [1.807, 2.05) is 0 Å². The van der Waals surface area contributed by atoms with Crippen molar-refractivity contribution in [2.24, 2.45) is 0 Å². The zero-order valence-electron chi connectivity index (χ0n) is 5.36. The van der Waals surface area contributed by atoms with Crippen LogP contribution in [0.1, 0.15) is 0 Å². The van der Waals surface area contributed by atoms with Crippen molar-refractivity contribution in [3.8, 4) is 0 Å². The van der Waals surface area contributed by atoms with Crippen LogP contribution >= 0.6 is 7.82 Å². The number of phosphoric acid groups is 1. The van der Waals surface area contributed by atoms with E-state index in [9.17, 15) is 14.4 Å². The molecule has 0 aliphatic rings. The van der Waals surface area contributed by atoms with E-state index in [4.69, 9.17) is 0 Å². The van der Waals surface area contributed by atoms with E-state index in [1.54, 1.807) is 0 Å². The van der Waals surface area contributed by atoms with Gasteiger partial charge in [-0.05, 0) is 0 Å². The average Bonchev–Trinajstić information content (AvgIpc) is 1.30. The molecule has 0 saturated heterocycles. The first kappa shape index (κ1) is 17.0. The molecule has 0 heterocycles. The quantitative estimate of drug-likeness (QED) is 0.233. The summed E-state index contributed by atoms with van der Waals surface area (Å²) in [5, 5.41) is 0. The second-order valence-electron chi connectivity index (χ2n) is 0.719. The Hall–Kier alpha value is 1.69. The number of rotatable bonds is 2. The third-order valence-corrected chi connectivity index (χ3v) is 0.611. The minimum absolute atomic E-state index is 0. The molecule has 0 amide bonds. The summed E-state index contributed by atoms with van der Waals surface area (Å²) in [5.74, 6) is 0. The van der Waals surface area contributed by atoms with E-state index in [2.05, 4.69) is 11.1 Å². The van der Waals surface area contributed by atoms with Crippen molar-refractivity contribution in [3.05, 3.63) is 12.8 Å². The maximum absolute atomic E-state index is 9.41. The Kier molecular flexibility index (Phi) is 14.7. The van der Waals surface area contributed by atoms with E-state index in [-0.39, 0.29) is 59.1 Å². The van der Waals surface area contributed by atoms with Gasteiger partial charge in [-0.15, -0.1) is 0 Å². The van der Waals surface area contributed by atoms with E-state index in [1.165, 1.54) is 0 Å². The van der Waals surface area contributed by atoms with Gasteiger partial charge in [0, 0.05) is 0 Å². The van der Waals surface area contributed by atoms with Gasteiger partial charge in [-0.1, -0.05) is 6.58 Å². The minimum atomic E-state index is -4.78. The maximum atomic E-state index is 9.41. The van der Waals surface area contributed by atoms with Gasteiger partial charge in [0.15, 0.2) is 0 Å². The van der Waals surface area contributed by atoms with Crippen LogP contribution in [0.5, 0.6) is 0 Å². The van der Waals surface area contributed by atoms with Crippen LogP contribution in [-0.2, 0) is 9.09 Å². The molecule has 0 fully saturated rings. The zero-order chi connectivity index (χ0) is 5.91. The molecule has 0 aromatic carbocycles. The zero-order valence-corrected chi connectivity index (χ0v) is 10.3. The molecule has 0 aliphatic heterocycles. The van der Waals surface area contributed by atoms with Gasteiger partial charge in [-0.3, -0.25) is 0 Å². The van der Waals surface area contributed by atoms with Crippen LogP contribution in [0.4, 0.5) is 0 Å². The molecule has 0 aromatic heterocycles. The van der Waals surface area contributed by atoms with Gasteiger partial charge in [0.05, 0.1) is 6.26 Å². The molecule has 0 spiro atoms. The van der Waals surface area contributed by atoms with Crippen molar-refractivity contribution in [3.63, 3.8) is 0 Å². The van der Waals surface area contributed by atoms with Crippen LogP contribution in [0.25, 0.3) is 0 Å². The number of hydrogen-bond acceptors (Lipinski definition) is 4. The summed E-state index contributed by atoms with van der Waals surface area (Å²) < 4.78 is 12.8. The van der Waals surface area contributed by atoms with Gasteiger partial charge < -0.3 is 18.9 Å².